The third-order valence-corrected chi connectivity index (χ3v) is 4.42. The van der Waals surface area contributed by atoms with Crippen LogP contribution in [0.1, 0.15) is 15.9 Å². The average Bonchev–Trinajstić information content (AvgIpc) is 3.00. The Bertz CT molecular complexity index is 948. The van der Waals surface area contributed by atoms with Gasteiger partial charge in [-0.25, -0.2) is 9.97 Å². The van der Waals surface area contributed by atoms with Crippen LogP contribution in [0.5, 0.6) is 5.75 Å². The summed E-state index contributed by atoms with van der Waals surface area (Å²) in [4.78, 5) is 20.5. The maximum absolute atomic E-state index is 12.5. The number of nitrogens with zero attached hydrogens (tertiary/aromatic N) is 3. The molecule has 3 aromatic rings. The van der Waals surface area contributed by atoms with E-state index in [1.165, 1.54) is 30.8 Å². The standard InChI is InChI=1S/C15H9ClN4O2S/c1-22-11-3-9(2-8(4-17)13(11)16)20-15(21)10-6-23-12-5-18-7-19-14(10)12/h2-3,5-7H,1H3,(H,20,21). The summed E-state index contributed by atoms with van der Waals surface area (Å²) in [6.45, 7) is 0. The summed E-state index contributed by atoms with van der Waals surface area (Å²) >= 11 is 7.41. The molecule has 1 amide bonds. The van der Waals surface area contributed by atoms with Gasteiger partial charge in [0.05, 0.1) is 28.5 Å². The Labute approximate surface area is 140 Å². The minimum absolute atomic E-state index is 0.210. The number of hydrogen-bond donors (Lipinski definition) is 1. The SMILES string of the molecule is COc1cc(NC(=O)c2csc3cncnc23)cc(C#N)c1Cl. The summed E-state index contributed by atoms with van der Waals surface area (Å²) in [5.41, 5.74) is 1.67. The van der Waals surface area contributed by atoms with Gasteiger partial charge in [-0.15, -0.1) is 11.3 Å². The van der Waals surface area contributed by atoms with Gasteiger partial charge in [0.15, 0.2) is 0 Å². The van der Waals surface area contributed by atoms with Gasteiger partial charge in [0.1, 0.15) is 23.2 Å². The topological polar surface area (TPSA) is 87.9 Å². The summed E-state index contributed by atoms with van der Waals surface area (Å²) in [7, 11) is 1.44. The van der Waals surface area contributed by atoms with Gasteiger partial charge in [-0.2, -0.15) is 5.26 Å². The molecular weight excluding hydrogens is 336 g/mol. The van der Waals surface area contributed by atoms with E-state index in [1.54, 1.807) is 17.6 Å². The maximum Gasteiger partial charge on any atom is 0.258 e. The average molecular weight is 345 g/mol. The highest BCUT2D eigenvalue weighted by atomic mass is 35.5. The number of halogens is 1. The molecule has 0 unspecified atom stereocenters. The summed E-state index contributed by atoms with van der Waals surface area (Å²) in [6, 6.07) is 5.02. The number of thiophene rings is 1. The third-order valence-electron chi connectivity index (χ3n) is 3.12. The smallest absolute Gasteiger partial charge is 0.258 e. The number of ether oxygens (including phenoxy) is 1. The number of nitriles is 1. The zero-order chi connectivity index (χ0) is 16.4. The second-order valence-corrected chi connectivity index (χ2v) is 5.78. The maximum atomic E-state index is 12.5. The molecule has 0 aliphatic carbocycles. The van der Waals surface area contributed by atoms with E-state index >= 15 is 0 Å². The molecule has 0 fully saturated rings. The minimum atomic E-state index is -0.330. The first-order chi connectivity index (χ1) is 11.1. The van der Waals surface area contributed by atoms with E-state index in [1.807, 2.05) is 6.07 Å². The fraction of sp³-hybridized carbons (Fsp3) is 0.0667. The number of carbonyl (C=O) groups is 1. The lowest BCUT2D eigenvalue weighted by Gasteiger charge is -2.09. The van der Waals surface area contributed by atoms with Crippen molar-refractivity contribution in [2.45, 2.75) is 0 Å². The van der Waals surface area contributed by atoms with Crippen LogP contribution in [-0.4, -0.2) is 23.0 Å². The van der Waals surface area contributed by atoms with Crippen LogP contribution in [0.2, 0.25) is 5.02 Å². The first kappa shape index (κ1) is 15.2. The number of nitrogens with one attached hydrogen (secondary N) is 1. The molecular formula is C15H9ClN4O2S. The van der Waals surface area contributed by atoms with Gasteiger partial charge in [-0.1, -0.05) is 11.6 Å². The Morgan fingerprint density at radius 1 is 1.48 bits per heavy atom. The number of aromatic nitrogens is 2. The molecule has 0 saturated heterocycles. The second-order valence-electron chi connectivity index (χ2n) is 4.49. The van der Waals surface area contributed by atoms with E-state index in [9.17, 15) is 4.79 Å². The van der Waals surface area contributed by atoms with Crippen molar-refractivity contribution in [1.29, 1.82) is 5.26 Å². The zero-order valence-corrected chi connectivity index (χ0v) is 13.4. The van der Waals surface area contributed by atoms with Gasteiger partial charge in [-0.05, 0) is 6.07 Å². The molecule has 1 aromatic carbocycles. The molecule has 0 saturated carbocycles. The Morgan fingerprint density at radius 3 is 3.04 bits per heavy atom. The Hall–Kier alpha value is -2.69. The highest BCUT2D eigenvalue weighted by Crippen LogP contribution is 2.32. The number of benzene rings is 1. The Morgan fingerprint density at radius 2 is 2.30 bits per heavy atom. The van der Waals surface area contributed by atoms with Crippen LogP contribution in [0.15, 0.2) is 30.0 Å². The number of carbonyl (C=O) groups excluding carboxylic acids is 1. The number of anilines is 1. The fourth-order valence-electron chi connectivity index (χ4n) is 2.04. The quantitative estimate of drug-likeness (QED) is 0.785. The first-order valence-corrected chi connectivity index (χ1v) is 7.66. The summed E-state index contributed by atoms with van der Waals surface area (Å²) in [6.07, 6.45) is 3.05. The van der Waals surface area contributed by atoms with Gasteiger partial charge in [-0.3, -0.25) is 4.79 Å². The van der Waals surface area contributed by atoms with Crippen LogP contribution in [0.3, 0.4) is 0 Å². The molecule has 2 aromatic heterocycles. The van der Waals surface area contributed by atoms with E-state index in [0.29, 0.717) is 22.5 Å². The summed E-state index contributed by atoms with van der Waals surface area (Å²) < 4.78 is 5.94. The largest absolute Gasteiger partial charge is 0.495 e. The van der Waals surface area contributed by atoms with Crippen molar-refractivity contribution in [1.82, 2.24) is 9.97 Å². The molecule has 1 N–H and O–H groups in total. The second kappa shape index (κ2) is 6.20. The number of fused-ring (bicyclic) bond motifs is 1. The molecule has 0 aliphatic heterocycles. The lowest BCUT2D eigenvalue weighted by Crippen LogP contribution is -2.12. The van der Waals surface area contributed by atoms with Crippen molar-refractivity contribution in [3.05, 3.63) is 46.2 Å². The van der Waals surface area contributed by atoms with Crippen LogP contribution in [-0.2, 0) is 0 Å². The van der Waals surface area contributed by atoms with Gasteiger partial charge < -0.3 is 10.1 Å². The van der Waals surface area contributed by atoms with Crippen LogP contribution in [0, 0.1) is 11.3 Å². The van der Waals surface area contributed by atoms with Crippen molar-refractivity contribution in [2.75, 3.05) is 12.4 Å². The molecule has 0 radical (unpaired) electrons. The fourth-order valence-corrected chi connectivity index (χ4v) is 3.13. The highest BCUT2D eigenvalue weighted by Gasteiger charge is 2.16. The van der Waals surface area contributed by atoms with Crippen molar-refractivity contribution < 1.29 is 9.53 Å². The van der Waals surface area contributed by atoms with Gasteiger partial charge >= 0.3 is 0 Å². The van der Waals surface area contributed by atoms with Crippen molar-refractivity contribution >= 4 is 44.7 Å². The van der Waals surface area contributed by atoms with Crippen molar-refractivity contribution in [3.63, 3.8) is 0 Å². The first-order valence-electron chi connectivity index (χ1n) is 6.40. The molecule has 0 aliphatic rings. The van der Waals surface area contributed by atoms with Gasteiger partial charge in [0.2, 0.25) is 0 Å². The molecule has 114 valence electrons. The lowest BCUT2D eigenvalue weighted by molar-refractivity contribution is 0.102. The number of methoxy groups -OCH3 is 1. The highest BCUT2D eigenvalue weighted by molar-refractivity contribution is 7.17. The van der Waals surface area contributed by atoms with Crippen LogP contribution >= 0.6 is 22.9 Å². The third kappa shape index (κ3) is 2.82. The minimum Gasteiger partial charge on any atom is -0.495 e. The predicted octanol–water partition coefficient (Wildman–Crippen LogP) is 3.48. The predicted molar refractivity (Wildman–Crippen MR) is 88.1 cm³/mol. The van der Waals surface area contributed by atoms with Crippen LogP contribution in [0.4, 0.5) is 5.69 Å². The molecule has 6 nitrogen and oxygen atoms in total. The normalized spacial score (nSPS) is 10.3. The van der Waals surface area contributed by atoms with Crippen molar-refractivity contribution in [2.24, 2.45) is 0 Å². The van der Waals surface area contributed by atoms with Crippen LogP contribution < -0.4 is 10.1 Å². The molecule has 0 spiro atoms. The Kier molecular flexibility index (Phi) is 4.10. The molecule has 23 heavy (non-hydrogen) atoms. The monoisotopic (exact) mass is 344 g/mol. The summed E-state index contributed by atoms with van der Waals surface area (Å²) in [5, 5.41) is 13.8. The number of hydrogen-bond acceptors (Lipinski definition) is 6. The lowest BCUT2D eigenvalue weighted by atomic mass is 10.2. The zero-order valence-electron chi connectivity index (χ0n) is 11.8. The van der Waals surface area contributed by atoms with E-state index < -0.39 is 0 Å². The van der Waals surface area contributed by atoms with Gasteiger partial charge in [0.25, 0.3) is 5.91 Å². The molecule has 2 heterocycles. The Balaban J connectivity index is 1.96. The van der Waals surface area contributed by atoms with Gasteiger partial charge in [0, 0.05) is 23.3 Å². The van der Waals surface area contributed by atoms with Crippen molar-refractivity contribution in [3.8, 4) is 11.8 Å². The molecule has 8 heteroatoms. The molecule has 0 bridgehead atoms. The van der Waals surface area contributed by atoms with E-state index in [2.05, 4.69) is 15.3 Å². The summed E-state index contributed by atoms with van der Waals surface area (Å²) in [5.74, 6) is -0.0123. The molecule has 3 rings (SSSR count). The van der Waals surface area contributed by atoms with E-state index in [0.717, 1.165) is 4.70 Å². The molecule has 0 atom stereocenters. The van der Waals surface area contributed by atoms with E-state index in [4.69, 9.17) is 21.6 Å². The van der Waals surface area contributed by atoms with Crippen LogP contribution in [0.25, 0.3) is 10.2 Å². The number of rotatable bonds is 3. The number of amides is 1. The van der Waals surface area contributed by atoms with E-state index in [-0.39, 0.29) is 16.5 Å².